The molecule has 4 aromatic carbocycles. The summed E-state index contributed by atoms with van der Waals surface area (Å²) in [5, 5.41) is 25.4. The minimum Gasteiger partial charge on any atom is -0.496 e. The zero-order valence-electron chi connectivity index (χ0n) is 30.8. The molecule has 0 saturated heterocycles. The number of hydrogen-bond donors (Lipinski definition) is 4. The Morgan fingerprint density at radius 2 is 1.40 bits per heavy atom. The molecule has 1 aliphatic carbocycles. The number of halogens is 3. The standard InChI is InChI=1S/C25H25NO5.C17H20F3NO3/c1-15-23(29-2)12-10-18(24(15)30-3)19-14-22(25(27)28)26-21-11-9-17(13-20(19)21)31-16-7-5-4-6-8-16;18-17(19,20)24-10-7-8-14-13(9-10)11-5-3-1-2-4-6-12(11)15(21-14)16(22)23/h4-13,19,22,26H,14H2,1-3H3,(H,27,28);7-9,11-12,15,21H,1-6H2,(H,22,23). The number of benzene rings is 4. The fourth-order valence-corrected chi connectivity index (χ4v) is 8.17. The van der Waals surface area contributed by atoms with Gasteiger partial charge < -0.3 is 39.8 Å². The lowest BCUT2D eigenvalue weighted by atomic mass is 9.71. The maximum Gasteiger partial charge on any atom is 0.573 e. The first-order chi connectivity index (χ1) is 26.4. The summed E-state index contributed by atoms with van der Waals surface area (Å²) in [7, 11) is 3.24. The molecule has 1 saturated carbocycles. The molecule has 3 aliphatic rings. The summed E-state index contributed by atoms with van der Waals surface area (Å²) in [6.07, 6.45) is 1.25. The first-order valence-electron chi connectivity index (χ1n) is 18.3. The van der Waals surface area contributed by atoms with Crippen LogP contribution in [0.15, 0.2) is 78.9 Å². The monoisotopic (exact) mass is 762 g/mol. The first-order valence-corrected chi connectivity index (χ1v) is 18.3. The zero-order chi connectivity index (χ0) is 39.3. The fraction of sp³-hybridized carbons (Fsp3) is 0.381. The van der Waals surface area contributed by atoms with Crippen molar-refractivity contribution in [1.82, 2.24) is 0 Å². The Morgan fingerprint density at radius 1 is 0.727 bits per heavy atom. The molecule has 2 aliphatic heterocycles. The SMILES string of the molecule is COc1ccc(C2CC(C(=O)O)Nc3ccc(Oc4ccccc4)cc32)c(OC)c1C.O=C(O)C1Nc2ccc(OC(F)(F)F)cc2C2CCCCCCC12. The molecular formula is C42H45F3N2O8. The van der Waals surface area contributed by atoms with Gasteiger partial charge in [-0.05, 0) is 104 Å². The van der Waals surface area contributed by atoms with Crippen molar-refractivity contribution in [2.45, 2.75) is 82.2 Å². The van der Waals surface area contributed by atoms with Crippen molar-refractivity contribution in [2.24, 2.45) is 5.92 Å². The average Bonchev–Trinajstić information content (AvgIpc) is 3.14. The second-order valence-corrected chi connectivity index (χ2v) is 14.0. The highest BCUT2D eigenvalue weighted by Crippen LogP contribution is 2.48. The van der Waals surface area contributed by atoms with E-state index in [1.165, 1.54) is 18.2 Å². The summed E-state index contributed by atoms with van der Waals surface area (Å²) in [6, 6.07) is 21.8. The van der Waals surface area contributed by atoms with E-state index in [1.54, 1.807) is 14.2 Å². The highest BCUT2D eigenvalue weighted by atomic mass is 19.4. The van der Waals surface area contributed by atoms with Crippen LogP contribution in [0.2, 0.25) is 0 Å². The highest BCUT2D eigenvalue weighted by molar-refractivity contribution is 5.81. The number of alkyl halides is 3. The van der Waals surface area contributed by atoms with Crippen molar-refractivity contribution in [2.75, 3.05) is 24.9 Å². The third-order valence-electron chi connectivity index (χ3n) is 10.6. The molecule has 5 atom stereocenters. The van der Waals surface area contributed by atoms with Crippen LogP contribution in [-0.2, 0) is 9.59 Å². The Morgan fingerprint density at radius 3 is 2.05 bits per heavy atom. The molecule has 7 rings (SSSR count). The van der Waals surface area contributed by atoms with Crippen LogP contribution in [0.4, 0.5) is 24.5 Å². The number of carbonyl (C=O) groups is 2. The van der Waals surface area contributed by atoms with Crippen LogP contribution in [-0.4, -0.2) is 54.8 Å². The number of nitrogens with one attached hydrogen (secondary N) is 2. The van der Waals surface area contributed by atoms with Gasteiger partial charge in [-0.25, -0.2) is 9.59 Å². The van der Waals surface area contributed by atoms with E-state index >= 15 is 0 Å². The predicted octanol–water partition coefficient (Wildman–Crippen LogP) is 9.72. The van der Waals surface area contributed by atoms with Crippen LogP contribution in [0.1, 0.15) is 79.0 Å². The lowest BCUT2D eigenvalue weighted by Crippen LogP contribution is -2.43. The van der Waals surface area contributed by atoms with E-state index in [4.69, 9.17) is 14.2 Å². The number of ether oxygens (including phenoxy) is 4. The van der Waals surface area contributed by atoms with Crippen molar-refractivity contribution in [3.05, 3.63) is 101 Å². The normalized spacial score (nSPS) is 21.5. The molecule has 10 nitrogen and oxygen atoms in total. The number of hydrogen-bond acceptors (Lipinski definition) is 8. The molecular weight excluding hydrogens is 717 g/mol. The van der Waals surface area contributed by atoms with Crippen molar-refractivity contribution >= 4 is 23.3 Å². The molecule has 55 heavy (non-hydrogen) atoms. The Kier molecular flexibility index (Phi) is 12.0. The van der Waals surface area contributed by atoms with Gasteiger partial charge in [0.05, 0.1) is 14.2 Å². The van der Waals surface area contributed by atoms with Gasteiger partial charge >= 0.3 is 18.3 Å². The summed E-state index contributed by atoms with van der Waals surface area (Å²) in [6.45, 7) is 1.94. The van der Waals surface area contributed by atoms with Crippen molar-refractivity contribution < 1.29 is 51.9 Å². The third kappa shape index (κ3) is 9.04. The molecule has 5 unspecified atom stereocenters. The number of fused-ring (bicyclic) bond motifs is 4. The van der Waals surface area contributed by atoms with Gasteiger partial charge in [0.15, 0.2) is 0 Å². The summed E-state index contributed by atoms with van der Waals surface area (Å²) in [5.41, 5.74) is 4.88. The van der Waals surface area contributed by atoms with E-state index in [2.05, 4.69) is 15.4 Å². The lowest BCUT2D eigenvalue weighted by Gasteiger charge is -2.40. The van der Waals surface area contributed by atoms with Crippen molar-refractivity contribution in [1.29, 1.82) is 0 Å². The topological polar surface area (TPSA) is 136 Å². The molecule has 1 fully saturated rings. The van der Waals surface area contributed by atoms with Crippen LogP contribution in [0, 0.1) is 12.8 Å². The van der Waals surface area contributed by atoms with Gasteiger partial charge in [-0.3, -0.25) is 0 Å². The third-order valence-corrected chi connectivity index (χ3v) is 10.6. The summed E-state index contributed by atoms with van der Waals surface area (Å²) < 4.78 is 58.7. The van der Waals surface area contributed by atoms with E-state index in [1.807, 2.05) is 67.6 Å². The van der Waals surface area contributed by atoms with Gasteiger partial charge in [0, 0.05) is 28.4 Å². The van der Waals surface area contributed by atoms with Crippen LogP contribution in [0.25, 0.3) is 0 Å². The zero-order valence-corrected chi connectivity index (χ0v) is 30.8. The first kappa shape index (κ1) is 39.1. The van der Waals surface area contributed by atoms with Crippen LogP contribution < -0.4 is 29.6 Å². The van der Waals surface area contributed by atoms with Gasteiger partial charge in [-0.1, -0.05) is 49.9 Å². The van der Waals surface area contributed by atoms with Crippen LogP contribution in [0.5, 0.6) is 28.7 Å². The van der Waals surface area contributed by atoms with E-state index in [0.717, 1.165) is 78.0 Å². The minimum atomic E-state index is -4.74. The molecule has 292 valence electrons. The number of carboxylic acids is 2. The van der Waals surface area contributed by atoms with Gasteiger partial charge in [-0.2, -0.15) is 0 Å². The lowest BCUT2D eigenvalue weighted by molar-refractivity contribution is -0.274. The van der Waals surface area contributed by atoms with E-state index < -0.39 is 30.4 Å². The second kappa shape index (κ2) is 16.8. The van der Waals surface area contributed by atoms with Crippen molar-refractivity contribution in [3.8, 4) is 28.7 Å². The number of aliphatic carboxylic acids is 2. The van der Waals surface area contributed by atoms with Crippen LogP contribution in [0.3, 0.4) is 0 Å². The van der Waals surface area contributed by atoms with E-state index in [-0.39, 0.29) is 23.5 Å². The Labute approximate surface area is 317 Å². The molecule has 13 heteroatoms. The smallest absolute Gasteiger partial charge is 0.496 e. The Bertz CT molecular complexity index is 1990. The Hall–Kier alpha value is -5.59. The molecule has 0 spiro atoms. The van der Waals surface area contributed by atoms with Gasteiger partial charge in [0.2, 0.25) is 0 Å². The van der Waals surface area contributed by atoms with E-state index in [0.29, 0.717) is 23.6 Å². The summed E-state index contributed by atoms with van der Waals surface area (Å²) >= 11 is 0. The highest BCUT2D eigenvalue weighted by Gasteiger charge is 2.41. The summed E-state index contributed by atoms with van der Waals surface area (Å²) in [4.78, 5) is 23.5. The Balaban J connectivity index is 0.000000193. The molecule has 0 amide bonds. The van der Waals surface area contributed by atoms with Gasteiger partial charge in [-0.15, -0.1) is 13.2 Å². The quantitative estimate of drug-likeness (QED) is 0.137. The maximum atomic E-state index is 12.5. The number of rotatable bonds is 8. The number of para-hydroxylation sites is 1. The van der Waals surface area contributed by atoms with E-state index in [9.17, 15) is 33.0 Å². The predicted molar refractivity (Wildman–Crippen MR) is 201 cm³/mol. The molecule has 0 radical (unpaired) electrons. The van der Waals surface area contributed by atoms with Crippen LogP contribution >= 0.6 is 0 Å². The summed E-state index contributed by atoms with van der Waals surface area (Å²) in [5.74, 6) is 0.459. The minimum absolute atomic E-state index is 0.0561. The van der Waals surface area contributed by atoms with Gasteiger partial charge in [0.1, 0.15) is 40.8 Å². The number of anilines is 2. The largest absolute Gasteiger partial charge is 0.573 e. The average molecular weight is 763 g/mol. The molecule has 2 heterocycles. The van der Waals surface area contributed by atoms with Gasteiger partial charge in [0.25, 0.3) is 0 Å². The fourth-order valence-electron chi connectivity index (χ4n) is 8.17. The maximum absolute atomic E-state index is 12.5. The number of carboxylic acid groups (broad SMARTS) is 2. The molecule has 4 N–H and O–H groups in total. The van der Waals surface area contributed by atoms with Crippen molar-refractivity contribution in [3.63, 3.8) is 0 Å². The number of methoxy groups -OCH3 is 2. The molecule has 0 bridgehead atoms. The second-order valence-electron chi connectivity index (χ2n) is 14.0. The molecule has 0 aromatic heterocycles. The molecule has 4 aromatic rings.